The van der Waals surface area contributed by atoms with Crippen molar-refractivity contribution in [1.82, 2.24) is 4.98 Å². The molecule has 0 atom stereocenters. The van der Waals surface area contributed by atoms with Gasteiger partial charge in [-0.3, -0.25) is 19.9 Å². The molecule has 0 saturated heterocycles. The normalized spacial score (nSPS) is 18.5. The van der Waals surface area contributed by atoms with Crippen LogP contribution in [0.15, 0.2) is 90.1 Å². The topological polar surface area (TPSA) is 103 Å². The van der Waals surface area contributed by atoms with Crippen molar-refractivity contribution >= 4 is 29.0 Å². The second-order valence-electron chi connectivity index (χ2n) is 8.48. The van der Waals surface area contributed by atoms with Crippen LogP contribution in [0.1, 0.15) is 29.8 Å². The average Bonchev–Trinajstić information content (AvgIpc) is 3.05. The number of hydrogen-bond acceptors (Lipinski definition) is 7. The Balaban J connectivity index is 1.62. The van der Waals surface area contributed by atoms with Crippen molar-refractivity contribution in [1.29, 1.82) is 0 Å². The number of aromatic nitrogens is 1. The number of hydrogen-bond donors (Lipinski definition) is 0. The highest BCUT2D eigenvalue weighted by atomic mass is 35.5. The zero-order valence-corrected chi connectivity index (χ0v) is 19.9. The lowest BCUT2D eigenvalue weighted by atomic mass is 9.83. The summed E-state index contributed by atoms with van der Waals surface area (Å²) in [5.74, 6) is -0.857. The number of nitrogens with zero attached hydrogens (tertiary/aromatic N) is 3. The number of nitro groups is 1. The van der Waals surface area contributed by atoms with E-state index in [9.17, 15) is 19.7 Å². The van der Waals surface area contributed by atoms with Gasteiger partial charge in [-0.15, -0.1) is 0 Å². The molecule has 0 amide bonds. The Kier molecular flexibility index (Phi) is 6.66. The molecule has 0 spiro atoms. The standard InChI is InChI=1S/C26H22ClN3O5/c1-26(2)20-5-3-4-6-22(20)29(13-14-35-25(32)19-11-12-28-16-21(19)27)24(26)10-7-17-15-18(30(33)34)8-9-23(17)31/h3-12,15-16H,13-14H2,1-2H3/b17-7-,24-10+. The molecule has 1 aliphatic heterocycles. The molecule has 9 heteroatoms. The molecule has 0 radical (unpaired) electrons. The number of pyridine rings is 1. The second kappa shape index (κ2) is 9.68. The van der Waals surface area contributed by atoms with E-state index in [0.29, 0.717) is 6.54 Å². The van der Waals surface area contributed by atoms with Crippen molar-refractivity contribution in [3.63, 3.8) is 0 Å². The zero-order valence-electron chi connectivity index (χ0n) is 19.1. The maximum Gasteiger partial charge on any atom is 0.339 e. The number of carbonyl (C=O) groups is 2. The van der Waals surface area contributed by atoms with E-state index in [4.69, 9.17) is 16.3 Å². The number of esters is 1. The van der Waals surface area contributed by atoms with Crippen LogP contribution >= 0.6 is 11.6 Å². The van der Waals surface area contributed by atoms with E-state index in [1.54, 1.807) is 12.2 Å². The first-order valence-electron chi connectivity index (χ1n) is 10.8. The van der Waals surface area contributed by atoms with Crippen molar-refractivity contribution < 1.29 is 19.2 Å². The third-order valence-electron chi connectivity index (χ3n) is 5.96. The number of ketones is 1. The first kappa shape index (κ1) is 24.1. The summed E-state index contributed by atoms with van der Waals surface area (Å²) >= 11 is 6.04. The SMILES string of the molecule is CC1(C)/C(=C\C=C2\C=C([N+](=O)[O-])C=CC2=O)N(CCOC(=O)c2ccncc2Cl)c2ccccc21. The predicted octanol–water partition coefficient (Wildman–Crippen LogP) is 4.80. The quantitative estimate of drug-likeness (QED) is 0.247. The number of fused-ring (bicyclic) bond motifs is 1. The van der Waals surface area contributed by atoms with E-state index in [0.717, 1.165) is 16.9 Å². The molecule has 0 saturated carbocycles. The lowest BCUT2D eigenvalue weighted by Crippen LogP contribution is -2.29. The van der Waals surface area contributed by atoms with Gasteiger partial charge in [-0.1, -0.05) is 43.6 Å². The van der Waals surface area contributed by atoms with Gasteiger partial charge in [0.25, 0.3) is 5.70 Å². The Labute approximate surface area is 207 Å². The Morgan fingerprint density at radius 1 is 1.23 bits per heavy atom. The summed E-state index contributed by atoms with van der Waals surface area (Å²) < 4.78 is 5.47. The van der Waals surface area contributed by atoms with E-state index in [-0.39, 0.29) is 34.2 Å². The predicted molar refractivity (Wildman–Crippen MR) is 132 cm³/mol. The van der Waals surface area contributed by atoms with Crippen molar-refractivity contribution in [2.75, 3.05) is 18.1 Å². The zero-order chi connectivity index (χ0) is 25.2. The first-order chi connectivity index (χ1) is 16.7. The third-order valence-corrected chi connectivity index (χ3v) is 6.27. The molecule has 0 bridgehead atoms. The first-order valence-corrected chi connectivity index (χ1v) is 11.2. The number of benzene rings is 1. The van der Waals surface area contributed by atoms with Crippen LogP contribution in [0.25, 0.3) is 0 Å². The summed E-state index contributed by atoms with van der Waals surface area (Å²) in [5, 5.41) is 11.4. The minimum absolute atomic E-state index is 0.0862. The number of para-hydroxylation sites is 1. The van der Waals surface area contributed by atoms with Crippen molar-refractivity contribution in [3.8, 4) is 0 Å². The minimum atomic E-state index is -0.547. The van der Waals surface area contributed by atoms with Gasteiger partial charge < -0.3 is 9.64 Å². The molecule has 4 rings (SSSR count). The summed E-state index contributed by atoms with van der Waals surface area (Å²) in [6, 6.07) is 9.38. The third kappa shape index (κ3) is 4.79. The molecule has 0 N–H and O–H groups in total. The van der Waals surface area contributed by atoms with Gasteiger partial charge in [0.15, 0.2) is 5.78 Å². The van der Waals surface area contributed by atoms with Gasteiger partial charge in [0.1, 0.15) is 6.61 Å². The molecule has 0 unspecified atom stereocenters. The highest BCUT2D eigenvalue weighted by Gasteiger charge is 2.39. The summed E-state index contributed by atoms with van der Waals surface area (Å²) in [5.41, 5.74) is 2.78. The molecule has 2 aliphatic rings. The number of anilines is 1. The Hall–Kier alpha value is -4.04. The molecular weight excluding hydrogens is 470 g/mol. The smallest absolute Gasteiger partial charge is 0.339 e. The summed E-state index contributed by atoms with van der Waals surface area (Å²) in [6.07, 6.45) is 9.88. The van der Waals surface area contributed by atoms with Gasteiger partial charge >= 0.3 is 5.97 Å². The number of rotatable bonds is 6. The number of carbonyl (C=O) groups excluding carboxylic acids is 2. The molecule has 2 heterocycles. The Bertz CT molecular complexity index is 1340. The highest BCUT2D eigenvalue weighted by molar-refractivity contribution is 6.33. The number of allylic oxidation sites excluding steroid dienone is 7. The van der Waals surface area contributed by atoms with E-state index < -0.39 is 16.3 Å². The minimum Gasteiger partial charge on any atom is -0.460 e. The van der Waals surface area contributed by atoms with Crippen LogP contribution in [0.4, 0.5) is 5.69 Å². The van der Waals surface area contributed by atoms with Crippen LogP contribution in [-0.2, 0) is 14.9 Å². The van der Waals surface area contributed by atoms with Crippen molar-refractivity contribution in [3.05, 3.63) is 116 Å². The lowest BCUT2D eigenvalue weighted by Gasteiger charge is -2.27. The lowest BCUT2D eigenvalue weighted by molar-refractivity contribution is -0.419. The Morgan fingerprint density at radius 2 is 2.00 bits per heavy atom. The van der Waals surface area contributed by atoms with Crippen molar-refractivity contribution in [2.45, 2.75) is 19.3 Å². The maximum atomic E-state index is 12.5. The fraction of sp³-hybridized carbons (Fsp3) is 0.192. The van der Waals surface area contributed by atoms with Gasteiger partial charge in [0.2, 0.25) is 0 Å². The summed E-state index contributed by atoms with van der Waals surface area (Å²) in [4.78, 5) is 41.3. The molecule has 8 nitrogen and oxygen atoms in total. The monoisotopic (exact) mass is 491 g/mol. The molecule has 1 aromatic heterocycles. The second-order valence-corrected chi connectivity index (χ2v) is 8.89. The van der Waals surface area contributed by atoms with Crippen LogP contribution in [0.2, 0.25) is 5.02 Å². The van der Waals surface area contributed by atoms with Crippen LogP contribution < -0.4 is 4.90 Å². The van der Waals surface area contributed by atoms with Gasteiger partial charge in [-0.25, -0.2) is 4.79 Å². The largest absolute Gasteiger partial charge is 0.460 e. The fourth-order valence-electron chi connectivity index (χ4n) is 4.18. The maximum absolute atomic E-state index is 12.5. The van der Waals surface area contributed by atoms with Crippen LogP contribution in [0.5, 0.6) is 0 Å². The molecule has 1 aromatic carbocycles. The van der Waals surface area contributed by atoms with Gasteiger partial charge in [-0.2, -0.15) is 0 Å². The van der Waals surface area contributed by atoms with E-state index in [2.05, 4.69) is 18.8 Å². The van der Waals surface area contributed by atoms with E-state index >= 15 is 0 Å². The summed E-state index contributed by atoms with van der Waals surface area (Å²) in [6.45, 7) is 4.55. The average molecular weight is 492 g/mol. The van der Waals surface area contributed by atoms with Gasteiger partial charge in [-0.05, 0) is 35.9 Å². The molecule has 1 aliphatic carbocycles. The van der Waals surface area contributed by atoms with Crippen LogP contribution in [-0.4, -0.2) is 34.8 Å². The molecule has 35 heavy (non-hydrogen) atoms. The van der Waals surface area contributed by atoms with E-state index in [1.807, 2.05) is 29.2 Å². The highest BCUT2D eigenvalue weighted by Crippen LogP contribution is 2.47. The van der Waals surface area contributed by atoms with Crippen LogP contribution in [0.3, 0.4) is 0 Å². The van der Waals surface area contributed by atoms with Gasteiger partial charge in [0.05, 0.1) is 22.1 Å². The van der Waals surface area contributed by atoms with Gasteiger partial charge in [0, 0.05) is 46.9 Å². The number of ether oxygens (including phenoxy) is 1. The molecule has 2 aromatic rings. The molecule has 178 valence electrons. The van der Waals surface area contributed by atoms with Crippen molar-refractivity contribution in [2.24, 2.45) is 0 Å². The van der Waals surface area contributed by atoms with Crippen LogP contribution in [0, 0.1) is 10.1 Å². The molecule has 0 fully saturated rings. The molecular formula is C26H22ClN3O5. The fourth-order valence-corrected chi connectivity index (χ4v) is 4.37. The number of halogens is 1. The Morgan fingerprint density at radius 3 is 2.74 bits per heavy atom. The van der Waals surface area contributed by atoms with E-state index in [1.165, 1.54) is 36.7 Å². The summed E-state index contributed by atoms with van der Waals surface area (Å²) in [7, 11) is 0.